The third kappa shape index (κ3) is 3.43. The molecule has 3 rings (SSSR count). The average Bonchev–Trinajstić information content (AvgIpc) is 2.93. The zero-order valence-electron chi connectivity index (χ0n) is 11.9. The molecule has 0 spiro atoms. The van der Waals surface area contributed by atoms with Crippen molar-refractivity contribution in [2.24, 2.45) is 0 Å². The fourth-order valence-corrected chi connectivity index (χ4v) is 2.52. The summed E-state index contributed by atoms with van der Waals surface area (Å²) >= 11 is 7.06. The van der Waals surface area contributed by atoms with Crippen molar-refractivity contribution in [1.82, 2.24) is 20.0 Å². The van der Waals surface area contributed by atoms with Gasteiger partial charge < -0.3 is 0 Å². The van der Waals surface area contributed by atoms with Crippen molar-refractivity contribution in [3.63, 3.8) is 0 Å². The van der Waals surface area contributed by atoms with Crippen LogP contribution in [0.1, 0.15) is 15.5 Å². The summed E-state index contributed by atoms with van der Waals surface area (Å²) in [5, 5.41) is 15.8. The third-order valence-corrected chi connectivity index (χ3v) is 3.87. The molecule has 1 N–H and O–H groups in total. The highest BCUT2D eigenvalue weighted by Gasteiger charge is 2.15. The summed E-state index contributed by atoms with van der Waals surface area (Å²) in [6, 6.07) is 8.13. The molecule has 9 heteroatoms. The molecule has 0 aliphatic rings. The van der Waals surface area contributed by atoms with Crippen LogP contribution < -0.4 is 10.7 Å². The molecule has 7 nitrogen and oxygen atoms in total. The second-order valence-corrected chi connectivity index (χ2v) is 6.15. The topological polar surface area (TPSA) is 89.8 Å². The van der Waals surface area contributed by atoms with E-state index >= 15 is 0 Å². The van der Waals surface area contributed by atoms with Gasteiger partial charge in [0, 0.05) is 17.3 Å². The molecule has 23 heavy (non-hydrogen) atoms. The molecule has 2 aromatic heterocycles. The second-order valence-electron chi connectivity index (χ2n) is 4.53. The molecular weight excluding hydrogens is 338 g/mol. The van der Waals surface area contributed by atoms with Crippen LogP contribution in [0.3, 0.4) is 0 Å². The van der Waals surface area contributed by atoms with Crippen LogP contribution in [0.2, 0.25) is 5.02 Å². The Morgan fingerprint density at radius 1 is 1.22 bits per heavy atom. The number of hydrogen-bond donors (Lipinski definition) is 1. The number of carbonyl (C=O) groups excluding carboxylic acids is 1. The number of rotatable bonds is 3. The van der Waals surface area contributed by atoms with Crippen molar-refractivity contribution in [2.75, 3.05) is 5.32 Å². The molecule has 1 aromatic carbocycles. The summed E-state index contributed by atoms with van der Waals surface area (Å²) in [4.78, 5) is 24.1. The summed E-state index contributed by atoms with van der Waals surface area (Å²) in [6.45, 7) is 1.77. The van der Waals surface area contributed by atoms with Crippen molar-refractivity contribution in [2.45, 2.75) is 6.92 Å². The molecule has 0 aliphatic heterocycles. The minimum atomic E-state index is -0.630. The Morgan fingerprint density at radius 2 is 1.96 bits per heavy atom. The van der Waals surface area contributed by atoms with Crippen LogP contribution >= 0.6 is 22.9 Å². The molecule has 0 saturated heterocycles. The lowest BCUT2D eigenvalue weighted by Crippen LogP contribution is -2.25. The maximum absolute atomic E-state index is 12.2. The Labute approximate surface area is 139 Å². The van der Waals surface area contributed by atoms with Crippen molar-refractivity contribution in [1.29, 1.82) is 0 Å². The van der Waals surface area contributed by atoms with E-state index in [4.69, 9.17) is 11.6 Å². The number of halogens is 1. The van der Waals surface area contributed by atoms with Gasteiger partial charge in [-0.3, -0.25) is 14.9 Å². The lowest BCUT2D eigenvalue weighted by molar-refractivity contribution is 0.101. The fourth-order valence-electron chi connectivity index (χ4n) is 1.81. The zero-order chi connectivity index (χ0) is 16.4. The number of nitrogens with one attached hydrogen (secondary N) is 1. The van der Waals surface area contributed by atoms with Crippen LogP contribution in [0.15, 0.2) is 41.3 Å². The molecule has 0 unspecified atom stereocenters. The van der Waals surface area contributed by atoms with Crippen LogP contribution in [-0.2, 0) is 0 Å². The van der Waals surface area contributed by atoms with E-state index < -0.39 is 11.3 Å². The minimum absolute atomic E-state index is 0.227. The van der Waals surface area contributed by atoms with Crippen LogP contribution in [0.25, 0.3) is 5.69 Å². The highest BCUT2D eigenvalue weighted by molar-refractivity contribution is 7.15. The quantitative estimate of drug-likeness (QED) is 0.785. The van der Waals surface area contributed by atoms with Gasteiger partial charge >= 0.3 is 0 Å². The van der Waals surface area contributed by atoms with Crippen LogP contribution in [0.4, 0.5) is 5.13 Å². The first-order valence-corrected chi connectivity index (χ1v) is 7.70. The standard InChI is InChI=1S/C14H10ClN5O2S/c1-8-17-18-14(23-8)16-13(22)12-11(21)6-7-20(19-12)10-4-2-9(15)3-5-10/h2-7H,1H3,(H,16,18,22). The lowest BCUT2D eigenvalue weighted by atomic mass is 10.3. The van der Waals surface area contributed by atoms with Crippen molar-refractivity contribution in [3.05, 3.63) is 62.5 Å². The molecule has 116 valence electrons. The second kappa shape index (κ2) is 6.27. The predicted molar refractivity (Wildman–Crippen MR) is 87.4 cm³/mol. The normalized spacial score (nSPS) is 10.5. The van der Waals surface area contributed by atoms with Gasteiger partial charge in [0.15, 0.2) is 5.69 Å². The van der Waals surface area contributed by atoms with Crippen molar-refractivity contribution >= 4 is 34.0 Å². The monoisotopic (exact) mass is 347 g/mol. The first-order valence-electron chi connectivity index (χ1n) is 6.50. The first kappa shape index (κ1) is 15.3. The van der Waals surface area contributed by atoms with Gasteiger partial charge in [-0.05, 0) is 31.2 Å². The molecule has 0 saturated carbocycles. The number of anilines is 1. The van der Waals surface area contributed by atoms with E-state index in [1.807, 2.05) is 0 Å². The Kier molecular flexibility index (Phi) is 4.18. The number of aryl methyl sites for hydroxylation is 1. The van der Waals surface area contributed by atoms with Gasteiger partial charge in [0.1, 0.15) is 5.01 Å². The first-order chi connectivity index (χ1) is 11.0. The van der Waals surface area contributed by atoms with E-state index in [0.29, 0.717) is 20.8 Å². The number of carbonyl (C=O) groups is 1. The van der Waals surface area contributed by atoms with Gasteiger partial charge in [-0.15, -0.1) is 10.2 Å². The molecule has 0 atom stereocenters. The van der Waals surface area contributed by atoms with Gasteiger partial charge in [-0.1, -0.05) is 22.9 Å². The van der Waals surface area contributed by atoms with Gasteiger partial charge in [0.25, 0.3) is 5.91 Å². The average molecular weight is 348 g/mol. The molecular formula is C14H10ClN5O2S. The molecule has 3 aromatic rings. The third-order valence-electron chi connectivity index (χ3n) is 2.86. The van der Waals surface area contributed by atoms with Crippen LogP contribution in [0, 0.1) is 6.92 Å². The SMILES string of the molecule is Cc1nnc(NC(=O)c2nn(-c3ccc(Cl)cc3)ccc2=O)s1. The molecule has 0 fully saturated rings. The van der Waals surface area contributed by atoms with E-state index in [2.05, 4.69) is 20.6 Å². The Morgan fingerprint density at radius 3 is 2.61 bits per heavy atom. The van der Waals surface area contributed by atoms with Crippen LogP contribution in [0.5, 0.6) is 0 Å². The highest BCUT2D eigenvalue weighted by Crippen LogP contribution is 2.14. The molecule has 1 amide bonds. The van der Waals surface area contributed by atoms with Gasteiger partial charge in [0.2, 0.25) is 10.6 Å². The number of aromatic nitrogens is 4. The Bertz CT molecular complexity index is 919. The van der Waals surface area contributed by atoms with Crippen LogP contribution in [-0.4, -0.2) is 25.9 Å². The highest BCUT2D eigenvalue weighted by atomic mass is 35.5. The molecule has 0 radical (unpaired) electrons. The lowest BCUT2D eigenvalue weighted by Gasteiger charge is -2.07. The zero-order valence-corrected chi connectivity index (χ0v) is 13.4. The number of benzene rings is 1. The van der Waals surface area contributed by atoms with E-state index in [-0.39, 0.29) is 5.69 Å². The van der Waals surface area contributed by atoms with E-state index in [1.165, 1.54) is 28.3 Å². The largest absolute Gasteiger partial charge is 0.295 e. The minimum Gasteiger partial charge on any atom is -0.295 e. The van der Waals surface area contributed by atoms with E-state index in [9.17, 15) is 9.59 Å². The van der Waals surface area contributed by atoms with E-state index in [1.54, 1.807) is 31.2 Å². The molecule has 0 bridgehead atoms. The summed E-state index contributed by atoms with van der Waals surface area (Å²) in [7, 11) is 0. The maximum Gasteiger partial charge on any atom is 0.282 e. The van der Waals surface area contributed by atoms with E-state index in [0.717, 1.165) is 0 Å². The number of nitrogens with zero attached hydrogens (tertiary/aromatic N) is 4. The van der Waals surface area contributed by atoms with Gasteiger partial charge in [0.05, 0.1) is 5.69 Å². The predicted octanol–water partition coefficient (Wildman–Crippen LogP) is 2.30. The summed E-state index contributed by atoms with van der Waals surface area (Å²) in [5.74, 6) is -0.630. The number of amides is 1. The summed E-state index contributed by atoms with van der Waals surface area (Å²) in [6.07, 6.45) is 1.48. The van der Waals surface area contributed by atoms with Crippen molar-refractivity contribution in [3.8, 4) is 5.69 Å². The smallest absolute Gasteiger partial charge is 0.282 e. The number of hydrogen-bond acceptors (Lipinski definition) is 6. The fraction of sp³-hybridized carbons (Fsp3) is 0.0714. The maximum atomic E-state index is 12.2. The van der Waals surface area contributed by atoms with Gasteiger partial charge in [-0.2, -0.15) is 5.10 Å². The van der Waals surface area contributed by atoms with Gasteiger partial charge in [-0.25, -0.2) is 4.68 Å². The van der Waals surface area contributed by atoms with Crippen molar-refractivity contribution < 1.29 is 4.79 Å². The Hall–Kier alpha value is -2.58. The Balaban J connectivity index is 1.92. The summed E-state index contributed by atoms with van der Waals surface area (Å²) in [5.41, 5.74) is -0.0283. The molecule has 2 heterocycles. The molecule has 0 aliphatic carbocycles. The summed E-state index contributed by atoms with van der Waals surface area (Å²) < 4.78 is 1.43.